The molecule has 5 nitrogen and oxygen atoms in total. The second-order valence-corrected chi connectivity index (χ2v) is 7.29. The van der Waals surface area contributed by atoms with E-state index in [1.807, 2.05) is 37.3 Å². The van der Waals surface area contributed by atoms with Crippen LogP contribution in [0.15, 0.2) is 59.1 Å². The lowest BCUT2D eigenvalue weighted by Gasteiger charge is -2.35. The van der Waals surface area contributed by atoms with Gasteiger partial charge in [0.25, 0.3) is 5.56 Å². The molecule has 0 bridgehead atoms. The first-order valence-electron chi connectivity index (χ1n) is 9.60. The number of benzene rings is 1. The maximum Gasteiger partial charge on any atom is 0.258 e. The number of allylic oxidation sites excluding steroid dienone is 2. The normalized spacial score (nSPS) is 22.5. The molecule has 1 aromatic heterocycles. The van der Waals surface area contributed by atoms with E-state index in [0.717, 1.165) is 23.1 Å². The number of hydrogen-bond acceptors (Lipinski definition) is 4. The molecular weight excluding hydrogens is 352 g/mol. The Balaban J connectivity index is 1.92. The molecule has 0 amide bonds. The zero-order chi connectivity index (χ0) is 20.1. The van der Waals surface area contributed by atoms with E-state index in [2.05, 4.69) is 13.5 Å². The van der Waals surface area contributed by atoms with Crippen LogP contribution in [0, 0.1) is 5.41 Å². The lowest BCUT2D eigenvalue weighted by atomic mass is 9.84. The second kappa shape index (κ2) is 6.60. The third kappa shape index (κ3) is 2.50. The zero-order valence-electron chi connectivity index (χ0n) is 16.2. The summed E-state index contributed by atoms with van der Waals surface area (Å²) >= 11 is 0. The van der Waals surface area contributed by atoms with Crippen LogP contribution >= 0.6 is 0 Å². The molecular formula is C23H24N2O3. The molecule has 3 heterocycles. The number of aromatic nitrogens is 1. The third-order valence-corrected chi connectivity index (χ3v) is 5.92. The average Bonchev–Trinajstić information content (AvgIpc) is 3.04. The largest absolute Gasteiger partial charge is 0.490 e. The fraction of sp³-hybridized carbons (Fsp3) is 0.304. The maximum absolute atomic E-state index is 13.2. The Labute approximate surface area is 164 Å². The van der Waals surface area contributed by atoms with E-state index in [1.54, 1.807) is 10.6 Å². The summed E-state index contributed by atoms with van der Waals surface area (Å²) in [5.74, 6) is 0.255. The van der Waals surface area contributed by atoms with E-state index < -0.39 is 5.60 Å². The Bertz CT molecular complexity index is 1080. The van der Waals surface area contributed by atoms with Crippen LogP contribution in [-0.2, 0) is 23.5 Å². The quantitative estimate of drug-likeness (QED) is 0.857. The SMILES string of the molecule is C=C1OCc2c(cc3n(c2=O)C/C(=C(\CC)c2ccccc2)C3=N)[C@]1(O)CC. The highest BCUT2D eigenvalue weighted by Gasteiger charge is 2.41. The third-order valence-electron chi connectivity index (χ3n) is 5.92. The van der Waals surface area contributed by atoms with Gasteiger partial charge in [0.15, 0.2) is 0 Å². The van der Waals surface area contributed by atoms with Gasteiger partial charge in [-0.25, -0.2) is 0 Å². The van der Waals surface area contributed by atoms with Crippen molar-refractivity contribution in [2.45, 2.75) is 45.4 Å². The minimum Gasteiger partial charge on any atom is -0.490 e. The highest BCUT2D eigenvalue weighted by molar-refractivity contribution is 6.15. The Morgan fingerprint density at radius 3 is 2.68 bits per heavy atom. The molecule has 5 heteroatoms. The van der Waals surface area contributed by atoms with Crippen molar-refractivity contribution in [1.29, 1.82) is 5.41 Å². The predicted molar refractivity (Wildman–Crippen MR) is 109 cm³/mol. The molecule has 144 valence electrons. The van der Waals surface area contributed by atoms with Crippen molar-refractivity contribution in [3.05, 3.63) is 87.0 Å². The van der Waals surface area contributed by atoms with Gasteiger partial charge in [-0.15, -0.1) is 0 Å². The van der Waals surface area contributed by atoms with E-state index in [9.17, 15) is 9.90 Å². The summed E-state index contributed by atoms with van der Waals surface area (Å²) in [6, 6.07) is 11.8. The molecule has 0 saturated carbocycles. The topological polar surface area (TPSA) is 75.3 Å². The Hall–Kier alpha value is -2.92. The summed E-state index contributed by atoms with van der Waals surface area (Å²) in [6.45, 7) is 8.19. The molecule has 0 spiro atoms. The van der Waals surface area contributed by atoms with Crippen LogP contribution in [0.1, 0.15) is 49.1 Å². The van der Waals surface area contributed by atoms with Gasteiger partial charge < -0.3 is 14.4 Å². The number of rotatable bonds is 3. The van der Waals surface area contributed by atoms with Crippen molar-refractivity contribution >= 4 is 11.3 Å². The first kappa shape index (κ1) is 18.4. The number of pyridine rings is 1. The van der Waals surface area contributed by atoms with Crippen molar-refractivity contribution in [2.24, 2.45) is 0 Å². The van der Waals surface area contributed by atoms with E-state index in [-0.39, 0.29) is 17.9 Å². The number of nitrogens with zero attached hydrogens (tertiary/aromatic N) is 1. The summed E-state index contributed by atoms with van der Waals surface area (Å²) in [5, 5.41) is 19.9. The number of ether oxygens (including phenoxy) is 1. The predicted octanol–water partition coefficient (Wildman–Crippen LogP) is 3.74. The van der Waals surface area contributed by atoms with Gasteiger partial charge in [-0.3, -0.25) is 10.2 Å². The molecule has 0 radical (unpaired) electrons. The second-order valence-electron chi connectivity index (χ2n) is 7.29. The fourth-order valence-corrected chi connectivity index (χ4v) is 4.25. The lowest BCUT2D eigenvalue weighted by Crippen LogP contribution is -2.39. The summed E-state index contributed by atoms with van der Waals surface area (Å²) in [5.41, 5.74) is 3.25. The van der Waals surface area contributed by atoms with Gasteiger partial charge in [0.05, 0.1) is 23.5 Å². The van der Waals surface area contributed by atoms with Crippen molar-refractivity contribution in [3.8, 4) is 0 Å². The summed E-state index contributed by atoms with van der Waals surface area (Å²) < 4.78 is 7.15. The molecule has 1 atom stereocenters. The van der Waals surface area contributed by atoms with Crippen LogP contribution in [0.5, 0.6) is 0 Å². The molecule has 0 fully saturated rings. The Morgan fingerprint density at radius 2 is 2.04 bits per heavy atom. The van der Waals surface area contributed by atoms with Crippen molar-refractivity contribution in [1.82, 2.24) is 4.57 Å². The highest BCUT2D eigenvalue weighted by atomic mass is 16.5. The Morgan fingerprint density at radius 1 is 1.32 bits per heavy atom. The highest BCUT2D eigenvalue weighted by Crippen LogP contribution is 2.40. The summed E-state index contributed by atoms with van der Waals surface area (Å²) in [7, 11) is 0. The average molecular weight is 376 g/mol. The smallest absolute Gasteiger partial charge is 0.258 e. The van der Waals surface area contributed by atoms with Gasteiger partial charge in [0, 0.05) is 11.1 Å². The maximum atomic E-state index is 13.2. The number of nitrogens with one attached hydrogen (secondary N) is 1. The van der Waals surface area contributed by atoms with Crippen LogP contribution in [0.25, 0.3) is 5.57 Å². The summed E-state index contributed by atoms with van der Waals surface area (Å²) in [4.78, 5) is 13.2. The van der Waals surface area contributed by atoms with Crippen molar-refractivity contribution in [2.75, 3.05) is 0 Å². The van der Waals surface area contributed by atoms with E-state index in [1.165, 1.54) is 0 Å². The minimum atomic E-state index is -1.40. The number of aliphatic hydroxyl groups is 1. The molecule has 1 aromatic carbocycles. The van der Waals surface area contributed by atoms with E-state index >= 15 is 0 Å². The van der Waals surface area contributed by atoms with Crippen LogP contribution in [0.3, 0.4) is 0 Å². The molecule has 2 aromatic rings. The molecule has 28 heavy (non-hydrogen) atoms. The van der Waals surface area contributed by atoms with E-state index in [4.69, 9.17) is 10.1 Å². The molecule has 0 aliphatic carbocycles. The van der Waals surface area contributed by atoms with Gasteiger partial charge in [0.2, 0.25) is 0 Å². The van der Waals surface area contributed by atoms with Crippen LogP contribution in [0.2, 0.25) is 0 Å². The molecule has 0 saturated heterocycles. The Kier molecular flexibility index (Phi) is 4.35. The first-order chi connectivity index (χ1) is 13.4. The standard InChI is InChI=1S/C23H24N2O3/c1-4-16(15-9-7-6-8-10-15)17-12-25-20(21(17)24)11-19-18(22(25)26)13-28-14(3)23(19,27)5-2/h6-11,24,27H,3-5,12-13H2,1-2H3/b17-16-,24-21?/t23-/m0/s1. The van der Waals surface area contributed by atoms with Gasteiger partial charge in [-0.05, 0) is 30.0 Å². The van der Waals surface area contributed by atoms with Gasteiger partial charge in [-0.2, -0.15) is 0 Å². The van der Waals surface area contributed by atoms with Crippen molar-refractivity contribution < 1.29 is 9.84 Å². The molecule has 2 aliphatic heterocycles. The van der Waals surface area contributed by atoms with E-state index in [0.29, 0.717) is 35.5 Å². The molecule has 0 unspecified atom stereocenters. The van der Waals surface area contributed by atoms with Crippen LogP contribution in [0.4, 0.5) is 0 Å². The summed E-state index contributed by atoms with van der Waals surface area (Å²) in [6.07, 6.45) is 1.12. The van der Waals surface area contributed by atoms with Crippen LogP contribution in [-0.4, -0.2) is 15.4 Å². The fourth-order valence-electron chi connectivity index (χ4n) is 4.25. The first-order valence-corrected chi connectivity index (χ1v) is 9.60. The minimum absolute atomic E-state index is 0.0985. The lowest BCUT2D eigenvalue weighted by molar-refractivity contribution is -0.0173. The van der Waals surface area contributed by atoms with Crippen LogP contribution < -0.4 is 5.56 Å². The van der Waals surface area contributed by atoms with Crippen molar-refractivity contribution in [3.63, 3.8) is 0 Å². The number of fused-ring (bicyclic) bond motifs is 2. The monoisotopic (exact) mass is 376 g/mol. The zero-order valence-corrected chi connectivity index (χ0v) is 16.2. The molecule has 2 aliphatic rings. The molecule has 2 N–H and O–H groups in total. The molecule has 4 rings (SSSR count). The van der Waals surface area contributed by atoms with Gasteiger partial charge in [-0.1, -0.05) is 50.8 Å². The van der Waals surface area contributed by atoms with Gasteiger partial charge in [0.1, 0.15) is 18.0 Å². The van der Waals surface area contributed by atoms with Gasteiger partial charge >= 0.3 is 0 Å². The number of hydrogen-bond donors (Lipinski definition) is 2.